The maximum absolute atomic E-state index is 13.2. The third kappa shape index (κ3) is 2.70. The first-order valence-electron chi connectivity index (χ1n) is 9.01. The predicted molar refractivity (Wildman–Crippen MR) is 87.6 cm³/mol. The molecule has 24 heavy (non-hydrogen) atoms. The van der Waals surface area contributed by atoms with Crippen LogP contribution < -0.4 is 4.90 Å². The summed E-state index contributed by atoms with van der Waals surface area (Å²) < 4.78 is 5.55. The largest absolute Gasteiger partial charge is 0.368 e. The number of likely N-dealkylation sites (tertiary alicyclic amines) is 1. The first-order chi connectivity index (χ1) is 11.8. The smallest absolute Gasteiger partial charge is 0.252 e. The Morgan fingerprint density at radius 3 is 2.88 bits per heavy atom. The number of carbonyl (C=O) groups excluding carboxylic acids is 2. The van der Waals surface area contributed by atoms with Crippen molar-refractivity contribution in [1.29, 1.82) is 0 Å². The second-order valence-electron chi connectivity index (χ2n) is 6.87. The van der Waals surface area contributed by atoms with E-state index in [0.29, 0.717) is 19.7 Å². The number of aromatic nitrogens is 2. The Kier molecular flexibility index (Phi) is 4.26. The highest BCUT2D eigenvalue weighted by Gasteiger charge is 2.39. The summed E-state index contributed by atoms with van der Waals surface area (Å²) in [4.78, 5) is 29.6. The van der Waals surface area contributed by atoms with E-state index in [9.17, 15) is 9.59 Å². The maximum Gasteiger partial charge on any atom is 0.252 e. The van der Waals surface area contributed by atoms with Crippen molar-refractivity contribution in [3.05, 3.63) is 11.9 Å². The first kappa shape index (κ1) is 15.6. The lowest BCUT2D eigenvalue weighted by Gasteiger charge is -2.39. The number of H-pyrrole nitrogens is 1. The van der Waals surface area contributed by atoms with Crippen LogP contribution in [-0.4, -0.2) is 58.8 Å². The van der Waals surface area contributed by atoms with Crippen molar-refractivity contribution < 1.29 is 14.3 Å². The molecule has 1 aromatic rings. The summed E-state index contributed by atoms with van der Waals surface area (Å²) in [7, 11) is 0. The van der Waals surface area contributed by atoms with Gasteiger partial charge < -0.3 is 14.5 Å². The lowest BCUT2D eigenvalue weighted by molar-refractivity contribution is -0.148. The van der Waals surface area contributed by atoms with Crippen LogP contribution in [0.3, 0.4) is 0 Å². The molecule has 2 atom stereocenters. The zero-order valence-corrected chi connectivity index (χ0v) is 13.9. The standard InChI is InChI=1S/C17H24N4O3/c22-16(21-9-3-5-12-14(21)11-18-19-12)13-6-1-2-8-20(13)17(23)15-7-4-10-24-15/h11,13,15H,1-10H2,(H,18,19)/t13-,15-/m0/s1. The van der Waals surface area contributed by atoms with Crippen LogP contribution in [-0.2, 0) is 20.7 Å². The SMILES string of the molecule is O=C([C@@H]1CCCCN1C(=O)[C@@H]1CCCO1)N1CCCc2[nH]ncc21. The predicted octanol–water partition coefficient (Wildman–Crippen LogP) is 1.25. The van der Waals surface area contributed by atoms with Gasteiger partial charge in [-0.15, -0.1) is 0 Å². The number of nitrogens with zero attached hydrogens (tertiary/aromatic N) is 3. The molecule has 0 radical (unpaired) electrons. The van der Waals surface area contributed by atoms with Crippen LogP contribution in [0.25, 0.3) is 0 Å². The summed E-state index contributed by atoms with van der Waals surface area (Å²) in [6.45, 7) is 2.00. The Bertz CT molecular complexity index is 623. The zero-order chi connectivity index (χ0) is 16.5. The number of rotatable bonds is 2. The van der Waals surface area contributed by atoms with Crippen LogP contribution in [0.5, 0.6) is 0 Å². The van der Waals surface area contributed by atoms with Gasteiger partial charge in [0.1, 0.15) is 12.1 Å². The van der Waals surface area contributed by atoms with E-state index in [4.69, 9.17) is 4.74 Å². The van der Waals surface area contributed by atoms with Gasteiger partial charge in [0, 0.05) is 19.7 Å². The van der Waals surface area contributed by atoms with Crippen LogP contribution in [0, 0.1) is 0 Å². The molecular formula is C17H24N4O3. The molecule has 1 N–H and O–H groups in total. The summed E-state index contributed by atoms with van der Waals surface area (Å²) in [6, 6.07) is -0.365. The van der Waals surface area contributed by atoms with Crippen LogP contribution in [0.4, 0.5) is 5.69 Å². The molecular weight excluding hydrogens is 308 g/mol. The minimum absolute atomic E-state index is 0.00465. The lowest BCUT2D eigenvalue weighted by Crippen LogP contribution is -2.56. The van der Waals surface area contributed by atoms with Crippen molar-refractivity contribution in [2.75, 3.05) is 24.6 Å². The number of hydrogen-bond donors (Lipinski definition) is 1. The fourth-order valence-electron chi connectivity index (χ4n) is 4.08. The van der Waals surface area contributed by atoms with Crippen LogP contribution >= 0.6 is 0 Å². The molecule has 7 nitrogen and oxygen atoms in total. The molecule has 2 amide bonds. The molecule has 0 unspecified atom stereocenters. The van der Waals surface area contributed by atoms with Crippen molar-refractivity contribution in [3.63, 3.8) is 0 Å². The quantitative estimate of drug-likeness (QED) is 0.884. The number of hydrogen-bond acceptors (Lipinski definition) is 4. The second kappa shape index (κ2) is 6.55. The molecule has 4 rings (SSSR count). The highest BCUT2D eigenvalue weighted by atomic mass is 16.5. The van der Waals surface area contributed by atoms with E-state index >= 15 is 0 Å². The van der Waals surface area contributed by atoms with E-state index < -0.39 is 0 Å². The molecule has 2 fully saturated rings. The van der Waals surface area contributed by atoms with Crippen LogP contribution in [0.2, 0.25) is 0 Å². The van der Waals surface area contributed by atoms with Crippen LogP contribution in [0.15, 0.2) is 6.20 Å². The summed E-state index contributed by atoms with van der Waals surface area (Å²) in [5.74, 6) is 0.0263. The Balaban J connectivity index is 1.55. The Morgan fingerprint density at radius 2 is 2.04 bits per heavy atom. The molecule has 0 aliphatic carbocycles. The molecule has 3 aliphatic rings. The molecule has 3 aliphatic heterocycles. The van der Waals surface area contributed by atoms with E-state index in [1.165, 1.54) is 0 Å². The van der Waals surface area contributed by atoms with Gasteiger partial charge in [-0.3, -0.25) is 14.7 Å². The Labute approximate surface area is 141 Å². The van der Waals surface area contributed by atoms with E-state index in [0.717, 1.165) is 56.3 Å². The van der Waals surface area contributed by atoms with Gasteiger partial charge in [0.2, 0.25) is 5.91 Å². The highest BCUT2D eigenvalue weighted by molar-refractivity contribution is 6.00. The van der Waals surface area contributed by atoms with Crippen molar-refractivity contribution in [3.8, 4) is 0 Å². The van der Waals surface area contributed by atoms with Gasteiger partial charge in [0.15, 0.2) is 0 Å². The molecule has 0 bridgehead atoms. The van der Waals surface area contributed by atoms with Gasteiger partial charge in [-0.2, -0.15) is 5.10 Å². The molecule has 0 spiro atoms. The molecule has 1 aromatic heterocycles. The van der Waals surface area contributed by atoms with Crippen molar-refractivity contribution >= 4 is 17.5 Å². The molecule has 0 saturated carbocycles. The van der Waals surface area contributed by atoms with Gasteiger partial charge in [0.05, 0.1) is 17.6 Å². The van der Waals surface area contributed by atoms with Crippen molar-refractivity contribution in [1.82, 2.24) is 15.1 Å². The number of nitrogens with one attached hydrogen (secondary N) is 1. The normalized spacial score (nSPS) is 27.2. The van der Waals surface area contributed by atoms with E-state index in [1.807, 2.05) is 4.90 Å². The minimum Gasteiger partial charge on any atom is -0.368 e. The number of ether oxygens (including phenoxy) is 1. The number of aryl methyl sites for hydroxylation is 1. The van der Waals surface area contributed by atoms with Gasteiger partial charge in [0.25, 0.3) is 5.91 Å². The third-order valence-electron chi connectivity index (χ3n) is 5.34. The number of piperidine rings is 1. The molecule has 2 saturated heterocycles. The number of fused-ring (bicyclic) bond motifs is 1. The summed E-state index contributed by atoms with van der Waals surface area (Å²) in [5.41, 5.74) is 1.89. The average Bonchev–Trinajstić information content (AvgIpc) is 3.31. The van der Waals surface area contributed by atoms with Gasteiger partial charge in [-0.05, 0) is 44.9 Å². The molecule has 7 heteroatoms. The highest BCUT2D eigenvalue weighted by Crippen LogP contribution is 2.29. The van der Waals surface area contributed by atoms with Gasteiger partial charge in [-0.25, -0.2) is 0 Å². The van der Waals surface area contributed by atoms with Crippen LogP contribution in [0.1, 0.15) is 44.2 Å². The van der Waals surface area contributed by atoms with Gasteiger partial charge in [-0.1, -0.05) is 0 Å². The monoisotopic (exact) mass is 332 g/mol. The second-order valence-corrected chi connectivity index (χ2v) is 6.87. The minimum atomic E-state index is -0.365. The topological polar surface area (TPSA) is 78.5 Å². The average molecular weight is 332 g/mol. The van der Waals surface area contributed by atoms with Crippen molar-refractivity contribution in [2.45, 2.75) is 57.1 Å². The van der Waals surface area contributed by atoms with Crippen molar-refractivity contribution in [2.24, 2.45) is 0 Å². The number of anilines is 1. The summed E-state index contributed by atoms with van der Waals surface area (Å²) >= 11 is 0. The maximum atomic E-state index is 13.2. The molecule has 4 heterocycles. The van der Waals surface area contributed by atoms with Gasteiger partial charge >= 0.3 is 0 Å². The zero-order valence-electron chi connectivity index (χ0n) is 13.9. The Morgan fingerprint density at radius 1 is 1.12 bits per heavy atom. The van der Waals surface area contributed by atoms with E-state index in [2.05, 4.69) is 10.2 Å². The molecule has 130 valence electrons. The summed E-state index contributed by atoms with van der Waals surface area (Å²) in [5, 5.41) is 7.06. The Hall–Kier alpha value is -1.89. The summed E-state index contributed by atoms with van der Waals surface area (Å²) in [6.07, 6.45) is 7.58. The van der Waals surface area contributed by atoms with E-state index in [1.54, 1.807) is 11.1 Å². The third-order valence-corrected chi connectivity index (χ3v) is 5.34. The number of amides is 2. The fraction of sp³-hybridized carbons (Fsp3) is 0.706. The first-order valence-corrected chi connectivity index (χ1v) is 9.01. The van der Waals surface area contributed by atoms with E-state index in [-0.39, 0.29) is 24.0 Å². The number of carbonyl (C=O) groups is 2. The fourth-order valence-corrected chi connectivity index (χ4v) is 4.08. The lowest BCUT2D eigenvalue weighted by atomic mass is 9.98. The molecule has 0 aromatic carbocycles. The number of aromatic amines is 1.